The number of hydrogen-bond acceptors (Lipinski definition) is 4. The van der Waals surface area contributed by atoms with Gasteiger partial charge in [0.15, 0.2) is 0 Å². The predicted molar refractivity (Wildman–Crippen MR) is 88.4 cm³/mol. The van der Waals surface area contributed by atoms with E-state index in [1.165, 1.54) is 30.7 Å². The highest BCUT2D eigenvalue weighted by molar-refractivity contribution is 6.31. The van der Waals surface area contributed by atoms with Crippen LogP contribution < -0.4 is 5.43 Å². The molecule has 7 heteroatoms. The lowest BCUT2D eigenvalue weighted by atomic mass is 10.2. The topological polar surface area (TPSA) is 67.5 Å². The smallest absolute Gasteiger partial charge is 0.271 e. The van der Waals surface area contributed by atoms with E-state index in [0.717, 1.165) is 0 Å². The number of benzene rings is 1. The molecule has 0 radical (unpaired) electrons. The van der Waals surface area contributed by atoms with Crippen molar-refractivity contribution in [1.29, 1.82) is 0 Å². The van der Waals surface area contributed by atoms with Crippen LogP contribution in [0.5, 0.6) is 0 Å². The van der Waals surface area contributed by atoms with Crippen LogP contribution in [0.15, 0.2) is 64.4 Å². The number of pyridine rings is 1. The number of rotatable bonds is 4. The molecule has 5 nitrogen and oxygen atoms in total. The van der Waals surface area contributed by atoms with Crippen LogP contribution in [0, 0.1) is 5.82 Å². The van der Waals surface area contributed by atoms with Gasteiger partial charge in [0.25, 0.3) is 5.91 Å². The minimum absolute atomic E-state index is 0.0173. The summed E-state index contributed by atoms with van der Waals surface area (Å²) in [6.07, 6.45) is 4.41. The van der Waals surface area contributed by atoms with E-state index in [9.17, 15) is 9.18 Å². The standard InChI is InChI=1S/C17H11ClFN3O2/c18-14-9-12(1-3-15(14)19)16-4-2-13(24-16)10-21-22-17(23)11-5-7-20-8-6-11/h1-10H,(H,22,23)/b21-10+. The summed E-state index contributed by atoms with van der Waals surface area (Å²) in [5.41, 5.74) is 3.47. The van der Waals surface area contributed by atoms with Crippen molar-refractivity contribution in [1.82, 2.24) is 10.4 Å². The Morgan fingerprint density at radius 3 is 2.75 bits per heavy atom. The predicted octanol–water partition coefficient (Wildman–Crippen LogP) is 3.90. The van der Waals surface area contributed by atoms with Gasteiger partial charge in [-0.1, -0.05) is 11.6 Å². The highest BCUT2D eigenvalue weighted by Gasteiger charge is 2.07. The number of nitrogens with one attached hydrogen (secondary N) is 1. The monoisotopic (exact) mass is 343 g/mol. The summed E-state index contributed by atoms with van der Waals surface area (Å²) in [6, 6.07) is 10.8. The molecule has 24 heavy (non-hydrogen) atoms. The molecule has 0 fully saturated rings. The molecule has 0 aliphatic rings. The molecule has 0 unspecified atom stereocenters. The van der Waals surface area contributed by atoms with Crippen LogP contribution in [0.25, 0.3) is 11.3 Å². The maximum absolute atomic E-state index is 13.2. The summed E-state index contributed by atoms with van der Waals surface area (Å²) in [4.78, 5) is 15.6. The van der Waals surface area contributed by atoms with Gasteiger partial charge in [-0.2, -0.15) is 5.10 Å². The second-order valence-corrected chi connectivity index (χ2v) is 5.17. The molecule has 0 bridgehead atoms. The second-order valence-electron chi connectivity index (χ2n) is 4.77. The molecule has 1 aromatic carbocycles. The van der Waals surface area contributed by atoms with Crippen LogP contribution in [0.1, 0.15) is 16.1 Å². The minimum atomic E-state index is -0.493. The quantitative estimate of drug-likeness (QED) is 0.577. The molecule has 0 aliphatic heterocycles. The van der Waals surface area contributed by atoms with Gasteiger partial charge in [0.05, 0.1) is 11.2 Å². The fourth-order valence-corrected chi connectivity index (χ4v) is 2.13. The first-order valence-electron chi connectivity index (χ1n) is 6.92. The molecule has 0 aliphatic carbocycles. The molecule has 3 aromatic rings. The van der Waals surface area contributed by atoms with Gasteiger partial charge in [-0.25, -0.2) is 9.82 Å². The molecule has 1 amide bonds. The Kier molecular flexibility index (Phi) is 4.67. The number of hydrogen-bond donors (Lipinski definition) is 1. The number of furan rings is 1. The normalized spacial score (nSPS) is 10.9. The number of halogens is 2. The number of carbonyl (C=O) groups is 1. The van der Waals surface area contributed by atoms with Gasteiger partial charge in [0, 0.05) is 23.5 Å². The van der Waals surface area contributed by atoms with Crippen LogP contribution >= 0.6 is 11.6 Å². The van der Waals surface area contributed by atoms with Crippen molar-refractivity contribution in [3.8, 4) is 11.3 Å². The zero-order chi connectivity index (χ0) is 16.9. The van der Waals surface area contributed by atoms with E-state index in [0.29, 0.717) is 22.6 Å². The maximum Gasteiger partial charge on any atom is 0.271 e. The molecule has 3 rings (SSSR count). The Hall–Kier alpha value is -2.99. The molecule has 1 N–H and O–H groups in total. The van der Waals surface area contributed by atoms with E-state index in [1.807, 2.05) is 0 Å². The third-order valence-corrected chi connectivity index (χ3v) is 3.42. The zero-order valence-corrected chi connectivity index (χ0v) is 13.0. The van der Waals surface area contributed by atoms with Gasteiger partial charge in [-0.15, -0.1) is 0 Å². The van der Waals surface area contributed by atoms with Crippen LogP contribution in [-0.4, -0.2) is 17.1 Å². The maximum atomic E-state index is 13.2. The van der Waals surface area contributed by atoms with Crippen LogP contribution in [0.2, 0.25) is 5.02 Å². The van der Waals surface area contributed by atoms with Crippen LogP contribution in [0.4, 0.5) is 4.39 Å². The van der Waals surface area contributed by atoms with Gasteiger partial charge in [0.2, 0.25) is 0 Å². The summed E-state index contributed by atoms with van der Waals surface area (Å²) in [5.74, 6) is 0.0950. The fourth-order valence-electron chi connectivity index (χ4n) is 1.95. The fraction of sp³-hybridized carbons (Fsp3) is 0. The van der Waals surface area contributed by atoms with Crippen molar-refractivity contribution < 1.29 is 13.6 Å². The average molecular weight is 344 g/mol. The SMILES string of the molecule is O=C(N/N=C/c1ccc(-c2ccc(F)c(Cl)c2)o1)c1ccncc1. The Bertz CT molecular complexity index is 894. The lowest BCUT2D eigenvalue weighted by molar-refractivity contribution is 0.0955. The van der Waals surface area contributed by atoms with E-state index >= 15 is 0 Å². The Morgan fingerprint density at radius 1 is 1.21 bits per heavy atom. The van der Waals surface area contributed by atoms with Crippen molar-refractivity contribution >= 4 is 23.7 Å². The summed E-state index contributed by atoms with van der Waals surface area (Å²) in [5, 5.41) is 3.85. The Labute approximate surface area is 141 Å². The summed E-state index contributed by atoms with van der Waals surface area (Å²) in [7, 11) is 0. The van der Waals surface area contributed by atoms with Crippen molar-refractivity contribution in [2.75, 3.05) is 0 Å². The van der Waals surface area contributed by atoms with Crippen molar-refractivity contribution in [2.45, 2.75) is 0 Å². The number of aromatic nitrogens is 1. The van der Waals surface area contributed by atoms with Crippen molar-refractivity contribution in [2.24, 2.45) is 5.10 Å². The van der Waals surface area contributed by atoms with E-state index in [1.54, 1.807) is 30.3 Å². The van der Waals surface area contributed by atoms with Crippen molar-refractivity contribution in [3.05, 3.63) is 77.0 Å². The van der Waals surface area contributed by atoms with Crippen molar-refractivity contribution in [3.63, 3.8) is 0 Å². The Morgan fingerprint density at radius 2 is 2.00 bits per heavy atom. The van der Waals surface area contributed by atoms with Gasteiger partial charge in [0.1, 0.15) is 17.3 Å². The summed E-state index contributed by atoms with van der Waals surface area (Å²) >= 11 is 5.75. The molecule has 2 aromatic heterocycles. The molecule has 0 atom stereocenters. The highest BCUT2D eigenvalue weighted by atomic mass is 35.5. The molecule has 120 valence electrons. The molecule has 0 saturated heterocycles. The summed E-state index contributed by atoms with van der Waals surface area (Å²) in [6.45, 7) is 0. The third kappa shape index (κ3) is 3.67. The van der Waals surface area contributed by atoms with Gasteiger partial charge < -0.3 is 4.42 Å². The lowest BCUT2D eigenvalue weighted by Gasteiger charge is -1.99. The van der Waals surface area contributed by atoms with Gasteiger partial charge >= 0.3 is 0 Å². The largest absolute Gasteiger partial charge is 0.455 e. The molecular weight excluding hydrogens is 333 g/mol. The van der Waals surface area contributed by atoms with E-state index in [2.05, 4.69) is 15.5 Å². The number of carbonyl (C=O) groups excluding carboxylic acids is 1. The highest BCUT2D eigenvalue weighted by Crippen LogP contribution is 2.26. The molecule has 2 heterocycles. The number of nitrogens with zero attached hydrogens (tertiary/aromatic N) is 2. The van der Waals surface area contributed by atoms with Gasteiger partial charge in [-0.3, -0.25) is 9.78 Å². The van der Waals surface area contributed by atoms with E-state index < -0.39 is 5.82 Å². The first-order valence-corrected chi connectivity index (χ1v) is 7.30. The zero-order valence-electron chi connectivity index (χ0n) is 12.2. The minimum Gasteiger partial charge on any atom is -0.455 e. The number of hydrazone groups is 1. The van der Waals surface area contributed by atoms with E-state index in [-0.39, 0.29) is 10.9 Å². The summed E-state index contributed by atoms with van der Waals surface area (Å²) < 4.78 is 18.7. The van der Waals surface area contributed by atoms with E-state index in [4.69, 9.17) is 16.0 Å². The molecule has 0 saturated carbocycles. The second kappa shape index (κ2) is 7.06. The first kappa shape index (κ1) is 15.9. The molecular formula is C17H11ClFN3O2. The average Bonchev–Trinajstić information content (AvgIpc) is 3.07. The first-order chi connectivity index (χ1) is 11.6. The van der Waals surface area contributed by atoms with Crippen LogP contribution in [-0.2, 0) is 0 Å². The van der Waals surface area contributed by atoms with Crippen LogP contribution in [0.3, 0.4) is 0 Å². The third-order valence-electron chi connectivity index (χ3n) is 3.13. The number of amides is 1. The Balaban J connectivity index is 1.67. The molecule has 0 spiro atoms. The lowest BCUT2D eigenvalue weighted by Crippen LogP contribution is -2.17. The van der Waals surface area contributed by atoms with Gasteiger partial charge in [-0.05, 0) is 42.5 Å².